The van der Waals surface area contributed by atoms with Gasteiger partial charge in [-0.05, 0) is 12.8 Å². The summed E-state index contributed by atoms with van der Waals surface area (Å²) in [5.74, 6) is 8.47. The van der Waals surface area contributed by atoms with E-state index in [2.05, 4.69) is 6.92 Å². The van der Waals surface area contributed by atoms with Gasteiger partial charge in [-0.25, -0.2) is 11.7 Å². The van der Waals surface area contributed by atoms with Crippen LogP contribution in [0.15, 0.2) is 0 Å². The molecule has 0 saturated heterocycles. The average molecular weight is 274 g/mol. The van der Waals surface area contributed by atoms with Gasteiger partial charge in [0.25, 0.3) is 0 Å². The molecule has 0 aromatic carbocycles. The van der Waals surface area contributed by atoms with Crippen molar-refractivity contribution in [3.63, 3.8) is 0 Å². The molecule has 0 unspecified atom stereocenters. The normalized spacial score (nSPS) is 13.7. The summed E-state index contributed by atoms with van der Waals surface area (Å²) in [4.78, 5) is 22.7. The number of aliphatic hydroxyl groups is 1. The minimum atomic E-state index is -0.658. The summed E-state index contributed by atoms with van der Waals surface area (Å²) in [6.07, 6.45) is 4.39. The Kier molecular flexibility index (Phi) is 10.1. The van der Waals surface area contributed by atoms with Crippen LogP contribution in [0.4, 0.5) is 0 Å². The van der Waals surface area contributed by atoms with Crippen molar-refractivity contribution in [2.75, 3.05) is 0 Å². The molecule has 0 rings (SSSR count). The van der Waals surface area contributed by atoms with Crippen molar-refractivity contribution >= 4 is 11.8 Å². The first-order valence-corrected chi connectivity index (χ1v) is 6.73. The second-order valence-electron chi connectivity index (χ2n) is 4.72. The highest BCUT2D eigenvalue weighted by atomic mass is 16.3. The predicted octanol–water partition coefficient (Wildman–Crippen LogP) is -0.306. The molecule has 112 valence electrons. The van der Waals surface area contributed by atoms with Crippen LogP contribution in [0.3, 0.4) is 0 Å². The van der Waals surface area contributed by atoms with Gasteiger partial charge in [0, 0.05) is 6.42 Å². The Morgan fingerprint density at radius 1 is 1.16 bits per heavy atom. The van der Waals surface area contributed by atoms with E-state index in [0.29, 0.717) is 6.42 Å². The predicted molar refractivity (Wildman–Crippen MR) is 72.2 cm³/mol. The maximum Gasteiger partial charge on any atom is 0.237 e. The third-order valence-corrected chi connectivity index (χ3v) is 3.05. The van der Waals surface area contributed by atoms with Gasteiger partial charge in [-0.3, -0.25) is 20.4 Å². The molecule has 7 N–H and O–H groups in total. The van der Waals surface area contributed by atoms with Gasteiger partial charge in [0.05, 0.1) is 12.0 Å². The second kappa shape index (κ2) is 10.7. The first-order valence-electron chi connectivity index (χ1n) is 6.73. The average Bonchev–Trinajstić information content (AvgIpc) is 2.41. The lowest BCUT2D eigenvalue weighted by atomic mass is 9.94. The molecule has 0 aliphatic carbocycles. The SMILES string of the molecule is CCCCCC[C@H](O)C[C@@H](CC(=O)NN)C(=O)NN. The zero-order valence-corrected chi connectivity index (χ0v) is 11.5. The van der Waals surface area contributed by atoms with Crippen molar-refractivity contribution in [1.29, 1.82) is 0 Å². The van der Waals surface area contributed by atoms with Crippen LogP contribution < -0.4 is 22.5 Å². The Balaban J connectivity index is 4.15. The third-order valence-electron chi connectivity index (χ3n) is 3.05. The minimum Gasteiger partial charge on any atom is -0.393 e. The van der Waals surface area contributed by atoms with Crippen LogP contribution in [0.25, 0.3) is 0 Å². The number of unbranched alkanes of at least 4 members (excludes halogenated alkanes) is 3. The zero-order chi connectivity index (χ0) is 14.7. The lowest BCUT2D eigenvalue weighted by Crippen LogP contribution is -2.41. The molecule has 0 saturated carbocycles. The molecule has 0 fully saturated rings. The van der Waals surface area contributed by atoms with Gasteiger partial charge in [0.15, 0.2) is 0 Å². The zero-order valence-electron chi connectivity index (χ0n) is 11.5. The molecule has 0 heterocycles. The Morgan fingerprint density at radius 3 is 2.37 bits per heavy atom. The molecule has 0 aliphatic rings. The first-order chi connectivity index (χ1) is 9.04. The maximum atomic E-state index is 11.5. The molecule has 2 amide bonds. The van der Waals surface area contributed by atoms with E-state index in [9.17, 15) is 14.7 Å². The molecule has 0 radical (unpaired) electrons. The molecule has 0 spiro atoms. The molecule has 0 aromatic rings. The fourth-order valence-corrected chi connectivity index (χ4v) is 1.94. The van der Waals surface area contributed by atoms with Gasteiger partial charge >= 0.3 is 0 Å². The van der Waals surface area contributed by atoms with E-state index in [1.165, 1.54) is 0 Å². The second-order valence-corrected chi connectivity index (χ2v) is 4.72. The van der Waals surface area contributed by atoms with Crippen LogP contribution in [0.2, 0.25) is 0 Å². The summed E-state index contributed by atoms with van der Waals surface area (Å²) < 4.78 is 0. The molecule has 0 aliphatic heterocycles. The van der Waals surface area contributed by atoms with Crippen molar-refractivity contribution in [2.24, 2.45) is 17.6 Å². The van der Waals surface area contributed by atoms with Gasteiger partial charge in [-0.2, -0.15) is 0 Å². The Hall–Kier alpha value is -1.18. The number of rotatable bonds is 10. The molecular weight excluding hydrogens is 248 g/mol. The standard InChI is InChI=1S/C12H26N4O3/c1-2-3-4-5-6-10(17)7-9(12(19)16-14)8-11(18)15-13/h9-10,17H,2-8,13-14H2,1H3,(H,15,18)(H,16,19)/t9-,10-/m0/s1. The smallest absolute Gasteiger partial charge is 0.237 e. The van der Waals surface area contributed by atoms with Crippen LogP contribution in [0.1, 0.15) is 51.9 Å². The van der Waals surface area contributed by atoms with Crippen LogP contribution >= 0.6 is 0 Å². The van der Waals surface area contributed by atoms with Gasteiger partial charge in [-0.1, -0.05) is 32.6 Å². The number of carbonyl (C=O) groups is 2. The number of hydrogen-bond acceptors (Lipinski definition) is 5. The van der Waals surface area contributed by atoms with Gasteiger partial charge in [0.2, 0.25) is 11.8 Å². The summed E-state index contributed by atoms with van der Waals surface area (Å²) in [5.41, 5.74) is 3.97. The molecule has 7 heteroatoms. The van der Waals surface area contributed by atoms with Crippen LogP contribution in [-0.4, -0.2) is 23.0 Å². The maximum absolute atomic E-state index is 11.5. The molecule has 0 bridgehead atoms. The summed E-state index contributed by atoms with van der Waals surface area (Å²) in [6.45, 7) is 2.11. The van der Waals surface area contributed by atoms with E-state index in [-0.39, 0.29) is 12.8 Å². The largest absolute Gasteiger partial charge is 0.393 e. The molecule has 19 heavy (non-hydrogen) atoms. The molecular formula is C12H26N4O3. The number of hydrogen-bond donors (Lipinski definition) is 5. The lowest BCUT2D eigenvalue weighted by Gasteiger charge is -2.18. The monoisotopic (exact) mass is 274 g/mol. The van der Waals surface area contributed by atoms with Crippen molar-refractivity contribution in [1.82, 2.24) is 10.9 Å². The first kappa shape index (κ1) is 17.8. The highest BCUT2D eigenvalue weighted by Crippen LogP contribution is 2.16. The van der Waals surface area contributed by atoms with Crippen LogP contribution in [-0.2, 0) is 9.59 Å². The fourth-order valence-electron chi connectivity index (χ4n) is 1.94. The summed E-state index contributed by atoms with van der Waals surface area (Å²) >= 11 is 0. The number of aliphatic hydroxyl groups excluding tert-OH is 1. The molecule has 0 aromatic heterocycles. The third kappa shape index (κ3) is 8.52. The van der Waals surface area contributed by atoms with E-state index in [1.54, 1.807) is 0 Å². The van der Waals surface area contributed by atoms with Crippen molar-refractivity contribution < 1.29 is 14.7 Å². The highest BCUT2D eigenvalue weighted by Gasteiger charge is 2.23. The topological polar surface area (TPSA) is 130 Å². The van der Waals surface area contributed by atoms with E-state index < -0.39 is 23.8 Å². The summed E-state index contributed by atoms with van der Waals surface area (Å²) in [5, 5.41) is 9.87. The summed E-state index contributed by atoms with van der Waals surface area (Å²) in [6, 6.07) is 0. The van der Waals surface area contributed by atoms with Gasteiger partial charge in [0.1, 0.15) is 0 Å². The van der Waals surface area contributed by atoms with Crippen molar-refractivity contribution in [3.8, 4) is 0 Å². The Morgan fingerprint density at radius 2 is 1.84 bits per heavy atom. The van der Waals surface area contributed by atoms with E-state index >= 15 is 0 Å². The van der Waals surface area contributed by atoms with E-state index in [0.717, 1.165) is 25.7 Å². The Labute approximate surface area is 114 Å². The number of nitrogens with one attached hydrogen (secondary N) is 2. The quantitative estimate of drug-likeness (QED) is 0.161. The molecule has 7 nitrogen and oxygen atoms in total. The fraction of sp³-hybridized carbons (Fsp3) is 0.833. The van der Waals surface area contributed by atoms with Crippen LogP contribution in [0.5, 0.6) is 0 Å². The van der Waals surface area contributed by atoms with E-state index in [1.807, 2.05) is 10.9 Å². The number of carbonyl (C=O) groups excluding carboxylic acids is 2. The van der Waals surface area contributed by atoms with Gasteiger partial charge < -0.3 is 5.11 Å². The van der Waals surface area contributed by atoms with E-state index in [4.69, 9.17) is 11.7 Å². The highest BCUT2D eigenvalue weighted by molar-refractivity contribution is 5.85. The molecule has 2 atom stereocenters. The number of nitrogens with two attached hydrogens (primary N) is 2. The number of amides is 2. The van der Waals surface area contributed by atoms with Crippen molar-refractivity contribution in [2.45, 2.75) is 58.0 Å². The van der Waals surface area contributed by atoms with Crippen LogP contribution in [0, 0.1) is 5.92 Å². The lowest BCUT2D eigenvalue weighted by molar-refractivity contribution is -0.131. The van der Waals surface area contributed by atoms with Gasteiger partial charge in [-0.15, -0.1) is 0 Å². The number of hydrazine groups is 2. The minimum absolute atomic E-state index is 0.0778. The summed E-state index contributed by atoms with van der Waals surface area (Å²) in [7, 11) is 0. The van der Waals surface area contributed by atoms with Crippen molar-refractivity contribution in [3.05, 3.63) is 0 Å². The Bertz CT molecular complexity index is 274.